The largest absolute Gasteiger partial charge is 0.436 e. The van der Waals surface area contributed by atoms with Gasteiger partial charge < -0.3 is 15.0 Å². The first-order valence-electron chi connectivity index (χ1n) is 9.29. The van der Waals surface area contributed by atoms with Crippen LogP contribution in [0.25, 0.3) is 0 Å². The van der Waals surface area contributed by atoms with E-state index in [1.165, 1.54) is 30.3 Å². The van der Waals surface area contributed by atoms with Gasteiger partial charge in [0.2, 0.25) is 0 Å². The van der Waals surface area contributed by atoms with E-state index in [1.807, 2.05) is 0 Å². The van der Waals surface area contributed by atoms with Crippen molar-refractivity contribution < 1.29 is 18.3 Å². The molecule has 3 saturated heterocycles. The number of ether oxygens (including phenoxy) is 1. The van der Waals surface area contributed by atoms with Gasteiger partial charge in [0.25, 0.3) is 0 Å². The SMILES string of the molecule is O=C(N[C@H]1CN2CCC1CC2)OC(c1ccc(F)cc1)c1ccccc1F. The average molecular weight is 372 g/mol. The second-order valence-electron chi connectivity index (χ2n) is 7.25. The number of amides is 1. The summed E-state index contributed by atoms with van der Waals surface area (Å²) in [4.78, 5) is 14.9. The van der Waals surface area contributed by atoms with Gasteiger partial charge in [-0.25, -0.2) is 13.6 Å². The maximum atomic E-state index is 14.3. The van der Waals surface area contributed by atoms with E-state index in [0.29, 0.717) is 11.5 Å². The molecule has 0 radical (unpaired) electrons. The maximum Gasteiger partial charge on any atom is 0.408 e. The summed E-state index contributed by atoms with van der Waals surface area (Å²) in [6, 6.07) is 11.8. The summed E-state index contributed by atoms with van der Waals surface area (Å²) >= 11 is 0. The average Bonchev–Trinajstić information content (AvgIpc) is 2.68. The summed E-state index contributed by atoms with van der Waals surface area (Å²) in [6.45, 7) is 2.97. The zero-order chi connectivity index (χ0) is 18.8. The van der Waals surface area contributed by atoms with Gasteiger partial charge in [-0.15, -0.1) is 0 Å². The van der Waals surface area contributed by atoms with Crippen molar-refractivity contribution in [1.82, 2.24) is 10.2 Å². The van der Waals surface area contributed by atoms with Crippen LogP contribution in [0.2, 0.25) is 0 Å². The van der Waals surface area contributed by atoms with E-state index in [-0.39, 0.29) is 11.6 Å². The second kappa shape index (κ2) is 7.64. The van der Waals surface area contributed by atoms with Crippen LogP contribution < -0.4 is 5.32 Å². The van der Waals surface area contributed by atoms with Gasteiger partial charge in [-0.05, 0) is 55.6 Å². The first kappa shape index (κ1) is 17.9. The van der Waals surface area contributed by atoms with Crippen molar-refractivity contribution in [3.63, 3.8) is 0 Å². The number of benzene rings is 2. The smallest absolute Gasteiger partial charge is 0.408 e. The third kappa shape index (κ3) is 3.95. The second-order valence-corrected chi connectivity index (χ2v) is 7.25. The molecule has 2 atom stereocenters. The molecule has 2 aromatic carbocycles. The molecule has 0 aliphatic carbocycles. The van der Waals surface area contributed by atoms with Gasteiger partial charge in [0.1, 0.15) is 11.6 Å². The van der Waals surface area contributed by atoms with Gasteiger partial charge in [0.15, 0.2) is 6.10 Å². The van der Waals surface area contributed by atoms with Crippen LogP contribution in [-0.4, -0.2) is 36.7 Å². The van der Waals surface area contributed by atoms with Gasteiger partial charge in [0, 0.05) is 18.2 Å². The minimum absolute atomic E-state index is 0.0505. The van der Waals surface area contributed by atoms with E-state index >= 15 is 0 Å². The Kier molecular flexibility index (Phi) is 5.07. The fourth-order valence-corrected chi connectivity index (χ4v) is 4.06. The normalized spacial score (nSPS) is 25.0. The van der Waals surface area contributed by atoms with E-state index in [9.17, 15) is 13.6 Å². The molecular weight excluding hydrogens is 350 g/mol. The summed E-state index contributed by atoms with van der Waals surface area (Å²) in [7, 11) is 0. The molecule has 0 spiro atoms. The van der Waals surface area contributed by atoms with Gasteiger partial charge in [-0.1, -0.05) is 30.3 Å². The Hall–Kier alpha value is -2.47. The Balaban J connectivity index is 1.53. The molecular formula is C21H22F2N2O2. The van der Waals surface area contributed by atoms with Crippen LogP contribution in [0.3, 0.4) is 0 Å². The Labute approximate surface area is 157 Å². The summed E-state index contributed by atoms with van der Waals surface area (Å²) < 4.78 is 33.3. The highest BCUT2D eigenvalue weighted by Gasteiger charge is 2.35. The predicted molar refractivity (Wildman–Crippen MR) is 97.2 cm³/mol. The molecule has 3 fully saturated rings. The zero-order valence-electron chi connectivity index (χ0n) is 14.9. The van der Waals surface area contributed by atoms with E-state index in [1.54, 1.807) is 18.2 Å². The molecule has 1 amide bonds. The molecule has 27 heavy (non-hydrogen) atoms. The van der Waals surface area contributed by atoms with Crippen LogP contribution >= 0.6 is 0 Å². The molecule has 0 saturated carbocycles. The molecule has 3 aliphatic heterocycles. The molecule has 142 valence electrons. The number of rotatable bonds is 4. The highest BCUT2D eigenvalue weighted by molar-refractivity contribution is 5.68. The summed E-state index contributed by atoms with van der Waals surface area (Å²) in [5.74, 6) is -0.412. The van der Waals surface area contributed by atoms with Gasteiger partial charge in [-0.2, -0.15) is 0 Å². The Bertz CT molecular complexity index is 804. The van der Waals surface area contributed by atoms with Crippen molar-refractivity contribution in [2.45, 2.75) is 25.0 Å². The lowest BCUT2D eigenvalue weighted by molar-refractivity contribution is 0.0589. The van der Waals surface area contributed by atoms with Crippen LogP contribution in [0.15, 0.2) is 48.5 Å². The van der Waals surface area contributed by atoms with Crippen molar-refractivity contribution in [3.05, 3.63) is 71.3 Å². The van der Waals surface area contributed by atoms with Crippen molar-refractivity contribution in [2.24, 2.45) is 5.92 Å². The van der Waals surface area contributed by atoms with E-state index in [2.05, 4.69) is 10.2 Å². The number of hydrogen-bond donors (Lipinski definition) is 1. The third-order valence-corrected chi connectivity index (χ3v) is 5.54. The lowest BCUT2D eigenvalue weighted by Crippen LogP contribution is -2.57. The lowest BCUT2D eigenvalue weighted by atomic mass is 9.84. The van der Waals surface area contributed by atoms with Crippen LogP contribution in [0.4, 0.5) is 13.6 Å². The van der Waals surface area contributed by atoms with Crippen LogP contribution in [-0.2, 0) is 4.74 Å². The topological polar surface area (TPSA) is 41.6 Å². The fourth-order valence-electron chi connectivity index (χ4n) is 4.06. The number of carbonyl (C=O) groups is 1. The summed E-state index contributed by atoms with van der Waals surface area (Å²) in [6.07, 6.45) is 0.624. The first-order chi connectivity index (χ1) is 13.1. The van der Waals surface area contributed by atoms with Crippen molar-refractivity contribution in [1.29, 1.82) is 0 Å². The molecule has 3 aliphatic rings. The van der Waals surface area contributed by atoms with Gasteiger partial charge in [-0.3, -0.25) is 0 Å². The van der Waals surface area contributed by atoms with E-state index in [4.69, 9.17) is 4.74 Å². The van der Waals surface area contributed by atoms with E-state index < -0.39 is 23.8 Å². The molecule has 6 heteroatoms. The number of fused-ring (bicyclic) bond motifs is 3. The molecule has 0 aromatic heterocycles. The Morgan fingerprint density at radius 2 is 1.78 bits per heavy atom. The van der Waals surface area contributed by atoms with Crippen molar-refractivity contribution in [3.8, 4) is 0 Å². The summed E-state index contributed by atoms with van der Waals surface area (Å²) in [5, 5.41) is 2.95. The number of hydrogen-bond acceptors (Lipinski definition) is 3. The minimum Gasteiger partial charge on any atom is -0.436 e. The molecule has 2 aromatic rings. The fraction of sp³-hybridized carbons (Fsp3) is 0.381. The maximum absolute atomic E-state index is 14.3. The summed E-state index contributed by atoms with van der Waals surface area (Å²) in [5.41, 5.74) is 0.763. The Morgan fingerprint density at radius 1 is 1.07 bits per heavy atom. The molecule has 3 heterocycles. The molecule has 1 N–H and O–H groups in total. The highest BCUT2D eigenvalue weighted by atomic mass is 19.1. The zero-order valence-corrected chi connectivity index (χ0v) is 14.9. The van der Waals surface area contributed by atoms with Crippen LogP contribution in [0.1, 0.15) is 30.1 Å². The Morgan fingerprint density at radius 3 is 2.41 bits per heavy atom. The number of nitrogens with zero attached hydrogens (tertiary/aromatic N) is 1. The molecule has 2 bridgehead atoms. The molecule has 1 unspecified atom stereocenters. The number of carbonyl (C=O) groups excluding carboxylic acids is 1. The van der Waals surface area contributed by atoms with E-state index in [0.717, 1.165) is 32.5 Å². The van der Waals surface area contributed by atoms with Crippen molar-refractivity contribution in [2.75, 3.05) is 19.6 Å². The standard InChI is InChI=1S/C21H22F2N2O2/c22-16-7-5-15(6-8-16)20(17-3-1-2-4-18(17)23)27-21(26)24-19-13-25-11-9-14(19)10-12-25/h1-8,14,19-20H,9-13H2,(H,24,26)/t19-,20?/m0/s1. The monoisotopic (exact) mass is 372 g/mol. The number of piperidine rings is 3. The van der Waals surface area contributed by atoms with Gasteiger partial charge in [0.05, 0.1) is 0 Å². The molecule has 5 rings (SSSR count). The van der Waals surface area contributed by atoms with Crippen molar-refractivity contribution >= 4 is 6.09 Å². The van der Waals surface area contributed by atoms with Crippen LogP contribution in [0.5, 0.6) is 0 Å². The third-order valence-electron chi connectivity index (χ3n) is 5.54. The van der Waals surface area contributed by atoms with Gasteiger partial charge >= 0.3 is 6.09 Å². The lowest BCUT2D eigenvalue weighted by Gasteiger charge is -2.44. The minimum atomic E-state index is -0.937. The number of halogens is 2. The number of nitrogens with one attached hydrogen (secondary N) is 1. The highest BCUT2D eigenvalue weighted by Crippen LogP contribution is 2.30. The quantitative estimate of drug-likeness (QED) is 0.886. The first-order valence-corrected chi connectivity index (χ1v) is 9.29. The molecule has 4 nitrogen and oxygen atoms in total. The predicted octanol–water partition coefficient (Wildman–Crippen LogP) is 3.87. The van der Waals surface area contributed by atoms with Crippen LogP contribution in [0, 0.1) is 17.6 Å². The number of alkyl carbamates (subject to hydrolysis) is 1.